The molecule has 0 spiro atoms. The highest BCUT2D eigenvalue weighted by atomic mass is 19.3. The Bertz CT molecular complexity index is 594. The van der Waals surface area contributed by atoms with E-state index in [-0.39, 0.29) is 6.61 Å². The van der Waals surface area contributed by atoms with E-state index < -0.39 is 18.6 Å². The number of furan rings is 1. The Labute approximate surface area is 109 Å². The van der Waals surface area contributed by atoms with Gasteiger partial charge in [-0.05, 0) is 13.0 Å². The highest BCUT2D eigenvalue weighted by Gasteiger charge is 2.44. The van der Waals surface area contributed by atoms with Gasteiger partial charge in [0.15, 0.2) is 0 Å². The van der Waals surface area contributed by atoms with Crippen LogP contribution in [-0.2, 0) is 11.3 Å². The molecule has 1 aliphatic heterocycles. The molecular weight excluding hydrogens is 252 g/mol. The average molecular weight is 267 g/mol. The summed E-state index contributed by atoms with van der Waals surface area (Å²) in [5, 5.41) is 3.85. The fourth-order valence-electron chi connectivity index (χ4n) is 2.37. The van der Waals surface area contributed by atoms with Gasteiger partial charge in [-0.25, -0.2) is 8.78 Å². The minimum absolute atomic E-state index is 0.0418. The Kier molecular flexibility index (Phi) is 3.03. The fraction of sp³-hybridized carbons (Fsp3) is 0.429. The van der Waals surface area contributed by atoms with E-state index in [2.05, 4.69) is 5.32 Å². The maximum absolute atomic E-state index is 13.4. The van der Waals surface area contributed by atoms with Crippen LogP contribution in [0.1, 0.15) is 11.3 Å². The molecule has 5 heteroatoms. The number of para-hydroxylation sites is 1. The maximum Gasteiger partial charge on any atom is 0.288 e. The molecule has 1 fully saturated rings. The van der Waals surface area contributed by atoms with E-state index in [0.717, 1.165) is 22.3 Å². The van der Waals surface area contributed by atoms with Crippen molar-refractivity contribution in [3.63, 3.8) is 0 Å². The van der Waals surface area contributed by atoms with Gasteiger partial charge < -0.3 is 14.5 Å². The first kappa shape index (κ1) is 12.6. The number of halogens is 2. The molecule has 1 N–H and O–H groups in total. The van der Waals surface area contributed by atoms with Gasteiger partial charge in [-0.3, -0.25) is 0 Å². The molecule has 19 heavy (non-hydrogen) atoms. The predicted molar refractivity (Wildman–Crippen MR) is 67.3 cm³/mol. The number of alkyl halides is 2. The first-order valence-electron chi connectivity index (χ1n) is 6.23. The predicted octanol–water partition coefficient (Wildman–Crippen LogP) is 2.86. The minimum atomic E-state index is -2.80. The molecule has 3 nitrogen and oxygen atoms in total. The number of hydrogen-bond donors (Lipinski definition) is 1. The van der Waals surface area contributed by atoms with Gasteiger partial charge in [0.2, 0.25) is 0 Å². The minimum Gasteiger partial charge on any atom is -0.461 e. The number of fused-ring (bicyclic) bond motifs is 1. The van der Waals surface area contributed by atoms with Crippen molar-refractivity contribution in [2.45, 2.75) is 25.4 Å². The molecule has 0 saturated carbocycles. The second-order valence-corrected chi connectivity index (χ2v) is 4.90. The van der Waals surface area contributed by atoms with Crippen LogP contribution >= 0.6 is 0 Å². The highest BCUT2D eigenvalue weighted by molar-refractivity contribution is 5.81. The lowest BCUT2D eigenvalue weighted by atomic mass is 10.1. The molecule has 3 rings (SSSR count). The molecule has 1 aliphatic rings. The molecule has 1 atom stereocenters. The van der Waals surface area contributed by atoms with Crippen molar-refractivity contribution in [1.29, 1.82) is 0 Å². The Hall–Kier alpha value is -1.46. The molecule has 102 valence electrons. The van der Waals surface area contributed by atoms with Crippen molar-refractivity contribution >= 4 is 11.0 Å². The summed E-state index contributed by atoms with van der Waals surface area (Å²) in [5.74, 6) is -1.98. The third kappa shape index (κ3) is 2.35. The lowest BCUT2D eigenvalue weighted by Crippen LogP contribution is -2.43. The van der Waals surface area contributed by atoms with Gasteiger partial charge in [-0.15, -0.1) is 0 Å². The van der Waals surface area contributed by atoms with Crippen LogP contribution in [0.3, 0.4) is 0 Å². The van der Waals surface area contributed by atoms with Gasteiger partial charge in [0.25, 0.3) is 5.92 Å². The third-order valence-electron chi connectivity index (χ3n) is 3.38. The van der Waals surface area contributed by atoms with Crippen LogP contribution in [0.25, 0.3) is 11.0 Å². The van der Waals surface area contributed by atoms with Gasteiger partial charge >= 0.3 is 0 Å². The van der Waals surface area contributed by atoms with E-state index in [1.54, 1.807) is 0 Å². The zero-order valence-electron chi connectivity index (χ0n) is 10.6. The molecular formula is C14H15F2NO2. The van der Waals surface area contributed by atoms with Crippen LogP contribution in [-0.4, -0.2) is 25.2 Å². The lowest BCUT2D eigenvalue weighted by Gasteiger charge is -2.18. The van der Waals surface area contributed by atoms with Crippen LogP contribution in [0.2, 0.25) is 0 Å². The fourth-order valence-corrected chi connectivity index (χ4v) is 2.37. The SMILES string of the molecule is Cc1cc2cccc(CNC3COCC3(F)F)c2o1. The number of nitrogens with one attached hydrogen (secondary N) is 1. The lowest BCUT2D eigenvalue weighted by molar-refractivity contribution is -0.0240. The highest BCUT2D eigenvalue weighted by Crippen LogP contribution is 2.27. The molecule has 0 bridgehead atoms. The van der Waals surface area contributed by atoms with E-state index in [4.69, 9.17) is 9.15 Å². The quantitative estimate of drug-likeness (QED) is 0.928. The number of rotatable bonds is 3. The number of hydrogen-bond acceptors (Lipinski definition) is 3. The second kappa shape index (κ2) is 4.58. The maximum atomic E-state index is 13.4. The summed E-state index contributed by atoms with van der Waals surface area (Å²) in [6.45, 7) is 1.75. The van der Waals surface area contributed by atoms with Crippen molar-refractivity contribution in [2.75, 3.05) is 13.2 Å². The molecule has 0 radical (unpaired) electrons. The Morgan fingerprint density at radius 1 is 1.42 bits per heavy atom. The van der Waals surface area contributed by atoms with E-state index >= 15 is 0 Å². The number of benzene rings is 1. The number of ether oxygens (including phenoxy) is 1. The molecule has 0 amide bonds. The third-order valence-corrected chi connectivity index (χ3v) is 3.38. The van der Waals surface area contributed by atoms with Crippen LogP contribution in [0.5, 0.6) is 0 Å². The molecule has 1 aromatic heterocycles. The summed E-state index contributed by atoms with van der Waals surface area (Å²) in [6, 6.07) is 6.73. The summed E-state index contributed by atoms with van der Waals surface area (Å²) in [5.41, 5.74) is 1.64. The monoisotopic (exact) mass is 267 g/mol. The summed E-state index contributed by atoms with van der Waals surface area (Å²) < 4.78 is 37.3. The van der Waals surface area contributed by atoms with Crippen molar-refractivity contribution in [1.82, 2.24) is 5.32 Å². The first-order valence-corrected chi connectivity index (χ1v) is 6.23. The molecule has 1 aromatic carbocycles. The van der Waals surface area contributed by atoms with Gasteiger partial charge in [0, 0.05) is 17.5 Å². The Balaban J connectivity index is 1.78. The smallest absolute Gasteiger partial charge is 0.288 e. The van der Waals surface area contributed by atoms with Crippen LogP contribution in [0.15, 0.2) is 28.7 Å². The molecule has 1 unspecified atom stereocenters. The van der Waals surface area contributed by atoms with Gasteiger partial charge in [-0.1, -0.05) is 18.2 Å². The normalized spacial score (nSPS) is 22.2. The van der Waals surface area contributed by atoms with E-state index in [9.17, 15) is 8.78 Å². The summed E-state index contributed by atoms with van der Waals surface area (Å²) >= 11 is 0. The van der Waals surface area contributed by atoms with Gasteiger partial charge in [-0.2, -0.15) is 0 Å². The molecule has 2 aromatic rings. The van der Waals surface area contributed by atoms with Crippen molar-refractivity contribution in [2.24, 2.45) is 0 Å². The van der Waals surface area contributed by atoms with Gasteiger partial charge in [0.1, 0.15) is 18.0 Å². The number of aryl methyl sites for hydroxylation is 1. The second-order valence-electron chi connectivity index (χ2n) is 4.90. The Morgan fingerprint density at radius 2 is 2.26 bits per heavy atom. The van der Waals surface area contributed by atoms with Crippen molar-refractivity contribution < 1.29 is 17.9 Å². The topological polar surface area (TPSA) is 34.4 Å². The van der Waals surface area contributed by atoms with E-state index in [1.165, 1.54) is 0 Å². The van der Waals surface area contributed by atoms with E-state index in [0.29, 0.717) is 6.54 Å². The Morgan fingerprint density at radius 3 is 3.00 bits per heavy atom. The zero-order chi connectivity index (χ0) is 13.5. The summed E-state index contributed by atoms with van der Waals surface area (Å²) in [7, 11) is 0. The van der Waals surface area contributed by atoms with Crippen LogP contribution in [0.4, 0.5) is 8.78 Å². The first-order chi connectivity index (χ1) is 9.06. The van der Waals surface area contributed by atoms with Crippen LogP contribution in [0, 0.1) is 6.92 Å². The average Bonchev–Trinajstić information content (AvgIpc) is 2.88. The van der Waals surface area contributed by atoms with Crippen molar-refractivity contribution in [3.8, 4) is 0 Å². The summed E-state index contributed by atoms with van der Waals surface area (Å²) in [6.07, 6.45) is 0. The van der Waals surface area contributed by atoms with E-state index in [1.807, 2.05) is 31.2 Å². The zero-order valence-corrected chi connectivity index (χ0v) is 10.6. The van der Waals surface area contributed by atoms with Crippen molar-refractivity contribution in [3.05, 3.63) is 35.6 Å². The molecule has 0 aliphatic carbocycles. The molecule has 2 heterocycles. The van der Waals surface area contributed by atoms with Crippen LogP contribution < -0.4 is 5.32 Å². The molecule has 1 saturated heterocycles. The van der Waals surface area contributed by atoms with Gasteiger partial charge in [0.05, 0.1) is 12.6 Å². The summed E-state index contributed by atoms with van der Waals surface area (Å²) in [4.78, 5) is 0. The largest absolute Gasteiger partial charge is 0.461 e. The standard InChI is InChI=1S/C14H15F2NO2/c1-9-5-10-3-2-4-11(13(10)19-9)6-17-12-7-18-8-14(12,15)16/h2-5,12,17H,6-8H2,1H3.